The second-order valence-electron chi connectivity index (χ2n) is 3.57. The number of hydrogen-bond donors (Lipinski definition) is 1. The number of aromatic nitrogens is 2. The molecule has 0 radical (unpaired) electrons. The third kappa shape index (κ3) is 2.29. The largest absolute Gasteiger partial charge is 0.377 e. The van der Waals surface area contributed by atoms with E-state index in [0.717, 1.165) is 29.6 Å². The Morgan fingerprint density at radius 3 is 3.00 bits per heavy atom. The maximum absolute atomic E-state index is 5.46. The van der Waals surface area contributed by atoms with Crippen LogP contribution in [0.3, 0.4) is 0 Å². The van der Waals surface area contributed by atoms with Gasteiger partial charge in [-0.15, -0.1) is 21.5 Å². The second kappa shape index (κ2) is 4.33. The van der Waals surface area contributed by atoms with Crippen LogP contribution in [0.15, 0.2) is 0 Å². The molecule has 4 nitrogen and oxygen atoms in total. The summed E-state index contributed by atoms with van der Waals surface area (Å²) in [7, 11) is 0. The van der Waals surface area contributed by atoms with Gasteiger partial charge in [0.2, 0.25) is 0 Å². The third-order valence-electron chi connectivity index (χ3n) is 2.46. The lowest BCUT2D eigenvalue weighted by Gasteiger charge is -2.14. The summed E-state index contributed by atoms with van der Waals surface area (Å²) in [6.45, 7) is 5.76. The topological polar surface area (TPSA) is 47.0 Å². The smallest absolute Gasteiger partial charge is 0.131 e. The van der Waals surface area contributed by atoms with Crippen molar-refractivity contribution in [2.75, 3.05) is 6.61 Å². The van der Waals surface area contributed by atoms with Crippen molar-refractivity contribution in [3.05, 3.63) is 10.0 Å². The van der Waals surface area contributed by atoms with Crippen LogP contribution >= 0.6 is 11.3 Å². The highest BCUT2D eigenvalue weighted by molar-refractivity contribution is 7.11. The van der Waals surface area contributed by atoms with E-state index >= 15 is 0 Å². The van der Waals surface area contributed by atoms with Gasteiger partial charge in [-0.2, -0.15) is 0 Å². The van der Waals surface area contributed by atoms with Crippen LogP contribution in [0, 0.1) is 6.92 Å². The summed E-state index contributed by atoms with van der Waals surface area (Å²) < 4.78 is 5.46. The predicted octanol–water partition coefficient (Wildman–Crippen LogP) is 1.11. The first-order chi connectivity index (χ1) is 6.75. The van der Waals surface area contributed by atoms with Gasteiger partial charge in [-0.25, -0.2) is 0 Å². The molecule has 1 saturated heterocycles. The molecule has 1 aliphatic heterocycles. The average Bonchev–Trinajstić information content (AvgIpc) is 2.72. The molecule has 2 atom stereocenters. The summed E-state index contributed by atoms with van der Waals surface area (Å²) in [5.41, 5.74) is 0. The summed E-state index contributed by atoms with van der Waals surface area (Å²) in [6, 6.07) is 0.471. The molecule has 0 aromatic carbocycles. The monoisotopic (exact) mass is 213 g/mol. The SMILES string of the molecule is Cc1nnc(CNC2CCOC2C)s1. The molecule has 0 saturated carbocycles. The maximum atomic E-state index is 5.46. The van der Waals surface area contributed by atoms with Crippen LogP contribution in [0.2, 0.25) is 0 Å². The number of nitrogens with zero attached hydrogens (tertiary/aromatic N) is 2. The first-order valence-electron chi connectivity index (χ1n) is 4.89. The Morgan fingerprint density at radius 1 is 1.57 bits per heavy atom. The second-order valence-corrected chi connectivity index (χ2v) is 4.83. The minimum Gasteiger partial charge on any atom is -0.377 e. The molecule has 0 bridgehead atoms. The zero-order valence-electron chi connectivity index (χ0n) is 8.49. The van der Waals surface area contributed by atoms with Crippen LogP contribution in [-0.4, -0.2) is 29.0 Å². The first-order valence-corrected chi connectivity index (χ1v) is 5.71. The molecule has 0 spiro atoms. The highest BCUT2D eigenvalue weighted by Crippen LogP contribution is 2.14. The summed E-state index contributed by atoms with van der Waals surface area (Å²) >= 11 is 1.65. The van der Waals surface area contributed by atoms with Gasteiger partial charge in [0.05, 0.1) is 12.6 Å². The van der Waals surface area contributed by atoms with Crippen molar-refractivity contribution in [3.63, 3.8) is 0 Å². The van der Waals surface area contributed by atoms with Gasteiger partial charge in [-0.3, -0.25) is 0 Å². The molecule has 14 heavy (non-hydrogen) atoms. The van der Waals surface area contributed by atoms with Crippen molar-refractivity contribution in [1.82, 2.24) is 15.5 Å². The molecule has 1 aromatic heterocycles. The lowest BCUT2D eigenvalue weighted by molar-refractivity contribution is 0.113. The van der Waals surface area contributed by atoms with Crippen molar-refractivity contribution < 1.29 is 4.74 Å². The van der Waals surface area contributed by atoms with Crippen molar-refractivity contribution in [2.45, 2.75) is 39.0 Å². The van der Waals surface area contributed by atoms with Crippen molar-refractivity contribution >= 4 is 11.3 Å². The Bertz CT molecular complexity index is 302. The van der Waals surface area contributed by atoms with Crippen molar-refractivity contribution in [2.24, 2.45) is 0 Å². The van der Waals surface area contributed by atoms with Crippen molar-refractivity contribution in [3.8, 4) is 0 Å². The molecule has 2 heterocycles. The highest BCUT2D eigenvalue weighted by Gasteiger charge is 2.23. The number of nitrogens with one attached hydrogen (secondary N) is 1. The molecule has 0 amide bonds. The van der Waals surface area contributed by atoms with E-state index < -0.39 is 0 Å². The Morgan fingerprint density at radius 2 is 2.43 bits per heavy atom. The van der Waals surface area contributed by atoms with Gasteiger partial charge in [-0.05, 0) is 20.3 Å². The van der Waals surface area contributed by atoms with Crippen LogP contribution in [-0.2, 0) is 11.3 Å². The third-order valence-corrected chi connectivity index (χ3v) is 3.30. The van der Waals surface area contributed by atoms with E-state index in [9.17, 15) is 0 Å². The normalized spacial score (nSPS) is 27.0. The highest BCUT2D eigenvalue weighted by atomic mass is 32.1. The van der Waals surface area contributed by atoms with E-state index in [1.807, 2.05) is 6.92 Å². The van der Waals surface area contributed by atoms with Crippen LogP contribution < -0.4 is 5.32 Å². The summed E-state index contributed by atoms with van der Waals surface area (Å²) in [6.07, 6.45) is 1.42. The molecule has 2 unspecified atom stereocenters. The number of rotatable bonds is 3. The zero-order chi connectivity index (χ0) is 9.97. The van der Waals surface area contributed by atoms with Gasteiger partial charge in [-0.1, -0.05) is 0 Å². The molecule has 1 aromatic rings. The van der Waals surface area contributed by atoms with E-state index in [1.165, 1.54) is 0 Å². The fourth-order valence-corrected chi connectivity index (χ4v) is 2.29. The summed E-state index contributed by atoms with van der Waals surface area (Å²) in [5, 5.41) is 13.6. The van der Waals surface area contributed by atoms with Gasteiger partial charge < -0.3 is 10.1 Å². The Kier molecular flexibility index (Phi) is 3.10. The Labute approximate surface area is 87.7 Å². The Hall–Kier alpha value is -0.520. The van der Waals surface area contributed by atoms with Crippen molar-refractivity contribution in [1.29, 1.82) is 0 Å². The fourth-order valence-electron chi connectivity index (χ4n) is 1.63. The van der Waals surface area contributed by atoms with Gasteiger partial charge in [0.15, 0.2) is 0 Å². The summed E-state index contributed by atoms with van der Waals surface area (Å²) in [4.78, 5) is 0. The first kappa shape index (κ1) is 10.0. The molecule has 1 N–H and O–H groups in total. The zero-order valence-corrected chi connectivity index (χ0v) is 9.30. The molecule has 0 aliphatic carbocycles. The van der Waals surface area contributed by atoms with Crippen LogP contribution in [0.5, 0.6) is 0 Å². The van der Waals surface area contributed by atoms with Gasteiger partial charge in [0.1, 0.15) is 10.0 Å². The minimum atomic E-state index is 0.323. The van der Waals surface area contributed by atoms with Crippen LogP contribution in [0.1, 0.15) is 23.4 Å². The average molecular weight is 213 g/mol. The molecular weight excluding hydrogens is 198 g/mol. The fraction of sp³-hybridized carbons (Fsp3) is 0.778. The number of aryl methyl sites for hydroxylation is 1. The van der Waals surface area contributed by atoms with Gasteiger partial charge in [0.25, 0.3) is 0 Å². The van der Waals surface area contributed by atoms with E-state index in [1.54, 1.807) is 11.3 Å². The quantitative estimate of drug-likeness (QED) is 0.817. The number of hydrogen-bond acceptors (Lipinski definition) is 5. The molecular formula is C9H15N3OS. The minimum absolute atomic E-state index is 0.323. The number of ether oxygens (including phenoxy) is 1. The summed E-state index contributed by atoms with van der Waals surface area (Å²) in [5.74, 6) is 0. The van der Waals surface area contributed by atoms with E-state index in [0.29, 0.717) is 12.1 Å². The van der Waals surface area contributed by atoms with E-state index in [-0.39, 0.29) is 0 Å². The molecule has 78 valence electrons. The Balaban J connectivity index is 1.82. The predicted molar refractivity (Wildman–Crippen MR) is 55.3 cm³/mol. The standard InChI is InChI=1S/C9H15N3OS/c1-6-8(3-4-13-6)10-5-9-12-11-7(2)14-9/h6,8,10H,3-5H2,1-2H3. The van der Waals surface area contributed by atoms with Crippen LogP contribution in [0.4, 0.5) is 0 Å². The molecule has 5 heteroatoms. The van der Waals surface area contributed by atoms with Gasteiger partial charge >= 0.3 is 0 Å². The van der Waals surface area contributed by atoms with Gasteiger partial charge in [0, 0.05) is 12.6 Å². The maximum Gasteiger partial charge on any atom is 0.131 e. The molecule has 2 rings (SSSR count). The lowest BCUT2D eigenvalue weighted by atomic mass is 10.1. The molecule has 1 aliphatic rings. The van der Waals surface area contributed by atoms with E-state index in [2.05, 4.69) is 22.4 Å². The van der Waals surface area contributed by atoms with E-state index in [4.69, 9.17) is 4.74 Å². The lowest BCUT2D eigenvalue weighted by Crippen LogP contribution is -2.34. The van der Waals surface area contributed by atoms with Crippen LogP contribution in [0.25, 0.3) is 0 Å². The molecule has 1 fully saturated rings.